The monoisotopic (exact) mass is 477 g/mol. The first-order valence-corrected chi connectivity index (χ1v) is 10.7. The van der Waals surface area contributed by atoms with Crippen molar-refractivity contribution in [2.45, 2.75) is 19.6 Å². The van der Waals surface area contributed by atoms with E-state index < -0.39 is 51.6 Å². The maximum absolute atomic E-state index is 15.7. The van der Waals surface area contributed by atoms with E-state index in [0.29, 0.717) is 24.2 Å². The Bertz CT molecular complexity index is 1340. The fourth-order valence-corrected chi connectivity index (χ4v) is 4.06. The number of aryl methyl sites for hydroxylation is 1. The third-order valence-electron chi connectivity index (χ3n) is 6.03. The highest BCUT2D eigenvalue weighted by Crippen LogP contribution is 2.30. The van der Waals surface area contributed by atoms with Crippen LogP contribution in [-0.4, -0.2) is 53.6 Å². The number of benzene rings is 1. The molecule has 0 saturated carbocycles. The fraction of sp³-hybridized carbons (Fsp3) is 0.348. The quantitative estimate of drug-likeness (QED) is 0.585. The van der Waals surface area contributed by atoms with Gasteiger partial charge in [0, 0.05) is 31.4 Å². The number of hydrogen-bond acceptors (Lipinski definition) is 5. The molecule has 1 aliphatic heterocycles. The molecule has 0 aliphatic carbocycles. The van der Waals surface area contributed by atoms with Gasteiger partial charge in [-0.1, -0.05) is 12.1 Å². The summed E-state index contributed by atoms with van der Waals surface area (Å²) in [4.78, 5) is 32.6. The van der Waals surface area contributed by atoms with Crippen molar-refractivity contribution in [3.8, 4) is 0 Å². The van der Waals surface area contributed by atoms with E-state index >= 15 is 8.78 Å². The molecule has 180 valence electrons. The molecule has 0 bridgehead atoms. The molecule has 1 aliphatic rings. The number of nitrogens with zero attached hydrogens (tertiary/aromatic N) is 4. The van der Waals surface area contributed by atoms with Gasteiger partial charge in [-0.05, 0) is 38.6 Å². The minimum Gasteiger partial charge on any atom is -0.365 e. The van der Waals surface area contributed by atoms with Crippen LogP contribution in [0.25, 0.3) is 11.0 Å². The van der Waals surface area contributed by atoms with Crippen LogP contribution in [0.5, 0.6) is 0 Å². The number of hydrogen-bond donors (Lipinski definition) is 1. The van der Waals surface area contributed by atoms with Crippen LogP contribution < -0.4 is 16.1 Å². The summed E-state index contributed by atoms with van der Waals surface area (Å²) in [5.41, 5.74) is 2.68. The van der Waals surface area contributed by atoms with Crippen LogP contribution in [0.15, 0.2) is 29.2 Å². The van der Waals surface area contributed by atoms with Gasteiger partial charge < -0.3 is 15.5 Å². The number of likely N-dealkylation sites (N-methyl/N-ethyl adjacent to an activating group) is 1. The Morgan fingerprint density at radius 3 is 2.56 bits per heavy atom. The number of carbonyl (C=O) groups is 1. The van der Waals surface area contributed by atoms with E-state index in [2.05, 4.69) is 9.88 Å². The van der Waals surface area contributed by atoms with Crippen LogP contribution in [-0.2, 0) is 0 Å². The topological polar surface area (TPSA) is 84.5 Å². The SMILES string of the molecule is Cc1ccc(C(F)n2cc(C(N)=O)c(=O)c3cc(F)c(N4CCCN(C)CC4)nc32)c(F)c1F. The van der Waals surface area contributed by atoms with E-state index in [0.717, 1.165) is 31.3 Å². The Balaban J connectivity index is 1.96. The first-order valence-electron chi connectivity index (χ1n) is 10.7. The molecule has 3 heterocycles. The molecule has 2 aromatic heterocycles. The van der Waals surface area contributed by atoms with Gasteiger partial charge in [-0.15, -0.1) is 0 Å². The Kier molecular flexibility index (Phi) is 6.30. The molecule has 2 N–H and O–H groups in total. The summed E-state index contributed by atoms with van der Waals surface area (Å²) >= 11 is 0. The maximum atomic E-state index is 15.7. The van der Waals surface area contributed by atoms with E-state index in [1.54, 1.807) is 4.90 Å². The number of nitrogens with two attached hydrogens (primary N) is 1. The van der Waals surface area contributed by atoms with Crippen molar-refractivity contribution in [3.05, 3.63) is 68.8 Å². The van der Waals surface area contributed by atoms with E-state index in [1.807, 2.05) is 7.05 Å². The lowest BCUT2D eigenvalue weighted by Crippen LogP contribution is -2.31. The standard InChI is InChI=1S/C23H23F4N5O2/c1-12-4-5-13(18(26)17(12)25)20(27)32-11-15(21(28)34)19(33)14-10-16(24)23(29-22(14)32)31-7-3-6-30(2)8-9-31/h4-5,10-11,20H,3,6-9H2,1-2H3,(H2,28,34). The Hall–Kier alpha value is -3.47. The zero-order valence-corrected chi connectivity index (χ0v) is 18.6. The highest BCUT2D eigenvalue weighted by Gasteiger charge is 2.27. The molecule has 3 aromatic rings. The highest BCUT2D eigenvalue weighted by molar-refractivity contribution is 5.96. The molecule has 1 aromatic carbocycles. The number of alkyl halides is 1. The second-order valence-electron chi connectivity index (χ2n) is 8.39. The summed E-state index contributed by atoms with van der Waals surface area (Å²) < 4.78 is 60.2. The van der Waals surface area contributed by atoms with Gasteiger partial charge in [0.15, 0.2) is 23.3 Å². The predicted molar refractivity (Wildman–Crippen MR) is 119 cm³/mol. The molecular weight excluding hydrogens is 454 g/mol. The average molecular weight is 477 g/mol. The number of amides is 1. The molecule has 11 heteroatoms. The van der Waals surface area contributed by atoms with Crippen molar-refractivity contribution in [3.63, 3.8) is 0 Å². The van der Waals surface area contributed by atoms with Crippen LogP contribution in [0.4, 0.5) is 23.4 Å². The van der Waals surface area contributed by atoms with Crippen LogP contribution in [0.1, 0.15) is 34.2 Å². The van der Waals surface area contributed by atoms with Crippen molar-refractivity contribution >= 4 is 22.8 Å². The summed E-state index contributed by atoms with van der Waals surface area (Å²) in [6.07, 6.45) is -0.847. The number of anilines is 1. The summed E-state index contributed by atoms with van der Waals surface area (Å²) in [6, 6.07) is 3.13. The molecule has 34 heavy (non-hydrogen) atoms. The number of fused-ring (bicyclic) bond motifs is 1. The highest BCUT2D eigenvalue weighted by atomic mass is 19.2. The van der Waals surface area contributed by atoms with Crippen LogP contribution in [0, 0.1) is 24.4 Å². The first kappa shape index (κ1) is 23.7. The number of carbonyl (C=O) groups excluding carboxylic acids is 1. The molecule has 0 spiro atoms. The number of rotatable bonds is 4. The molecule has 1 fully saturated rings. The summed E-state index contributed by atoms with van der Waals surface area (Å²) in [6.45, 7) is 3.66. The molecule has 1 amide bonds. The van der Waals surface area contributed by atoms with Gasteiger partial charge in [0.2, 0.25) is 11.7 Å². The van der Waals surface area contributed by atoms with Crippen LogP contribution in [0.2, 0.25) is 0 Å². The molecule has 1 saturated heterocycles. The zero-order chi connectivity index (χ0) is 24.7. The van der Waals surface area contributed by atoms with Gasteiger partial charge in [-0.2, -0.15) is 0 Å². The molecule has 7 nitrogen and oxygen atoms in total. The summed E-state index contributed by atoms with van der Waals surface area (Å²) in [5, 5.41) is -0.403. The van der Waals surface area contributed by atoms with E-state index in [4.69, 9.17) is 5.73 Å². The molecule has 1 atom stereocenters. The molecule has 4 rings (SSSR count). The van der Waals surface area contributed by atoms with E-state index in [9.17, 15) is 18.4 Å². The maximum Gasteiger partial charge on any atom is 0.254 e. The van der Waals surface area contributed by atoms with Crippen LogP contribution in [0.3, 0.4) is 0 Å². The second-order valence-corrected chi connectivity index (χ2v) is 8.39. The fourth-order valence-electron chi connectivity index (χ4n) is 4.06. The lowest BCUT2D eigenvalue weighted by Gasteiger charge is -2.24. The lowest BCUT2D eigenvalue weighted by molar-refractivity contribution is 0.0998. The zero-order valence-electron chi connectivity index (χ0n) is 18.6. The van der Waals surface area contributed by atoms with Crippen molar-refractivity contribution in [2.24, 2.45) is 5.73 Å². The summed E-state index contributed by atoms with van der Waals surface area (Å²) in [5.74, 6) is -4.76. The first-order chi connectivity index (χ1) is 16.1. The Morgan fingerprint density at radius 1 is 1.12 bits per heavy atom. The third kappa shape index (κ3) is 4.11. The molecular formula is C23H23F4N5O2. The summed E-state index contributed by atoms with van der Waals surface area (Å²) in [7, 11) is 1.93. The minimum absolute atomic E-state index is 0.0235. The van der Waals surface area contributed by atoms with Crippen molar-refractivity contribution in [1.29, 1.82) is 0 Å². The molecule has 1 unspecified atom stereocenters. The Morgan fingerprint density at radius 2 is 1.85 bits per heavy atom. The number of aromatic nitrogens is 2. The smallest absolute Gasteiger partial charge is 0.254 e. The van der Waals surface area contributed by atoms with Gasteiger partial charge >= 0.3 is 0 Å². The normalized spacial score (nSPS) is 16.0. The van der Waals surface area contributed by atoms with Crippen molar-refractivity contribution in [2.75, 3.05) is 38.1 Å². The minimum atomic E-state index is -2.38. The lowest BCUT2D eigenvalue weighted by atomic mass is 10.1. The second kappa shape index (κ2) is 9.05. The molecule has 0 radical (unpaired) electrons. The van der Waals surface area contributed by atoms with Gasteiger partial charge in [0.05, 0.1) is 5.39 Å². The van der Waals surface area contributed by atoms with Gasteiger partial charge in [-0.3, -0.25) is 14.2 Å². The van der Waals surface area contributed by atoms with Crippen molar-refractivity contribution < 1.29 is 22.4 Å². The third-order valence-corrected chi connectivity index (χ3v) is 6.03. The Labute approximate surface area is 192 Å². The number of pyridine rings is 2. The number of halogens is 4. The van der Waals surface area contributed by atoms with Gasteiger partial charge in [0.25, 0.3) is 5.91 Å². The van der Waals surface area contributed by atoms with E-state index in [1.165, 1.54) is 13.0 Å². The average Bonchev–Trinajstić information content (AvgIpc) is 3.01. The number of primary amides is 1. The predicted octanol–water partition coefficient (Wildman–Crippen LogP) is 2.88. The largest absolute Gasteiger partial charge is 0.365 e. The van der Waals surface area contributed by atoms with Gasteiger partial charge in [-0.25, -0.2) is 22.5 Å². The van der Waals surface area contributed by atoms with Crippen molar-refractivity contribution in [1.82, 2.24) is 14.5 Å². The van der Waals surface area contributed by atoms with Crippen LogP contribution >= 0.6 is 0 Å². The van der Waals surface area contributed by atoms with Gasteiger partial charge in [0.1, 0.15) is 11.2 Å². The van der Waals surface area contributed by atoms with E-state index in [-0.39, 0.29) is 17.0 Å².